The van der Waals surface area contributed by atoms with Crippen molar-refractivity contribution in [1.29, 1.82) is 0 Å². The van der Waals surface area contributed by atoms with Gasteiger partial charge in [-0.05, 0) is 35.4 Å². The molecule has 3 rings (SSSR count). The van der Waals surface area contributed by atoms with Gasteiger partial charge in [0.2, 0.25) is 0 Å². The molecule has 1 aliphatic heterocycles. The van der Waals surface area contributed by atoms with Crippen LogP contribution in [0.25, 0.3) is 0 Å². The number of hydrogen-bond acceptors (Lipinski definition) is 1. The lowest BCUT2D eigenvalue weighted by Gasteiger charge is -2.11. The average Bonchev–Trinajstić information content (AvgIpc) is 2.71. The molecule has 0 amide bonds. The van der Waals surface area contributed by atoms with Crippen LogP contribution in [0, 0.1) is 11.6 Å². The molecule has 19 heavy (non-hydrogen) atoms. The fourth-order valence-electron chi connectivity index (χ4n) is 2.18. The predicted molar refractivity (Wildman–Crippen MR) is 72.6 cm³/mol. The Morgan fingerprint density at radius 1 is 1.16 bits per heavy atom. The molecular weight excluding hydrogens is 338 g/mol. The minimum atomic E-state index is -0.513. The Kier molecular flexibility index (Phi) is 3.23. The van der Waals surface area contributed by atoms with Gasteiger partial charge in [-0.2, -0.15) is 0 Å². The van der Waals surface area contributed by atoms with Gasteiger partial charge < -0.3 is 4.74 Å². The Hall–Kier alpha value is -1.13. The monoisotopic (exact) mass is 344 g/mol. The maximum atomic E-state index is 13.4. The molecule has 0 N–H and O–H groups in total. The third-order valence-corrected chi connectivity index (χ3v) is 3.78. The van der Waals surface area contributed by atoms with E-state index >= 15 is 0 Å². The summed E-state index contributed by atoms with van der Waals surface area (Å²) in [5.41, 5.74) is 1.54. The van der Waals surface area contributed by atoms with Crippen LogP contribution in [0.15, 0.2) is 34.8 Å². The normalized spacial score (nSPS) is 17.2. The fourth-order valence-corrected chi connectivity index (χ4v) is 2.85. The zero-order valence-electron chi connectivity index (χ0n) is 9.59. The molecule has 1 nitrogen and oxygen atoms in total. The number of halogens is 4. The molecule has 2 aromatic rings. The van der Waals surface area contributed by atoms with Crippen LogP contribution in [0.5, 0.6) is 5.75 Å². The maximum Gasteiger partial charge on any atom is 0.145 e. The summed E-state index contributed by atoms with van der Waals surface area (Å²) >= 11 is 8.98. The van der Waals surface area contributed by atoms with E-state index in [0.29, 0.717) is 22.2 Å². The number of hydrogen-bond donors (Lipinski definition) is 0. The van der Waals surface area contributed by atoms with E-state index in [9.17, 15) is 8.78 Å². The van der Waals surface area contributed by atoms with E-state index in [0.717, 1.165) is 5.56 Å². The first-order valence-corrected chi connectivity index (χ1v) is 6.80. The van der Waals surface area contributed by atoms with E-state index in [1.807, 2.05) is 0 Å². The van der Waals surface area contributed by atoms with Crippen molar-refractivity contribution >= 4 is 27.5 Å². The summed E-state index contributed by atoms with van der Waals surface area (Å²) < 4.78 is 33.0. The van der Waals surface area contributed by atoms with Crippen molar-refractivity contribution in [3.63, 3.8) is 0 Å². The van der Waals surface area contributed by atoms with Gasteiger partial charge >= 0.3 is 0 Å². The number of fused-ring (bicyclic) bond motifs is 1. The van der Waals surface area contributed by atoms with Crippen molar-refractivity contribution < 1.29 is 13.5 Å². The summed E-state index contributed by atoms with van der Waals surface area (Å²) in [5, 5.41) is 0.0726. The zero-order chi connectivity index (χ0) is 13.6. The summed E-state index contributed by atoms with van der Waals surface area (Å²) in [6.07, 6.45) is 0.227. The average molecular weight is 346 g/mol. The molecule has 0 aliphatic carbocycles. The van der Waals surface area contributed by atoms with E-state index in [1.54, 1.807) is 12.1 Å². The first-order valence-electron chi connectivity index (χ1n) is 5.63. The lowest BCUT2D eigenvalue weighted by molar-refractivity contribution is 0.237. The van der Waals surface area contributed by atoms with E-state index in [2.05, 4.69) is 15.9 Å². The van der Waals surface area contributed by atoms with Crippen LogP contribution in [0.4, 0.5) is 8.78 Å². The SMILES string of the molecule is Fc1cc(Br)cc(C2Cc3cc(Cl)c(F)cc3O2)c1. The molecule has 0 aromatic heterocycles. The van der Waals surface area contributed by atoms with Crippen molar-refractivity contribution in [3.05, 3.63) is 62.6 Å². The Morgan fingerprint density at radius 3 is 2.68 bits per heavy atom. The lowest BCUT2D eigenvalue weighted by atomic mass is 10.0. The summed E-state index contributed by atoms with van der Waals surface area (Å²) in [6, 6.07) is 7.41. The second-order valence-electron chi connectivity index (χ2n) is 4.39. The highest BCUT2D eigenvalue weighted by Crippen LogP contribution is 2.39. The highest BCUT2D eigenvalue weighted by Gasteiger charge is 2.26. The van der Waals surface area contributed by atoms with Gasteiger partial charge in [0, 0.05) is 17.0 Å². The molecule has 0 fully saturated rings. The van der Waals surface area contributed by atoms with Crippen LogP contribution in [0.2, 0.25) is 5.02 Å². The third-order valence-electron chi connectivity index (χ3n) is 3.03. The molecule has 1 heterocycles. The summed E-state index contributed by atoms with van der Waals surface area (Å²) in [6.45, 7) is 0. The van der Waals surface area contributed by atoms with Gasteiger partial charge in [0.1, 0.15) is 23.5 Å². The highest BCUT2D eigenvalue weighted by molar-refractivity contribution is 9.10. The van der Waals surface area contributed by atoms with Crippen LogP contribution in [0.3, 0.4) is 0 Å². The zero-order valence-corrected chi connectivity index (χ0v) is 11.9. The minimum absolute atomic E-state index is 0.0726. The van der Waals surface area contributed by atoms with Crippen molar-refractivity contribution in [3.8, 4) is 5.75 Å². The quantitative estimate of drug-likeness (QED) is 0.702. The molecule has 1 aliphatic rings. The Labute approximate surface area is 122 Å². The molecule has 1 atom stereocenters. The largest absolute Gasteiger partial charge is 0.485 e. The van der Waals surface area contributed by atoms with Crippen LogP contribution >= 0.6 is 27.5 Å². The molecule has 0 spiro atoms. The molecular formula is C14H8BrClF2O. The topological polar surface area (TPSA) is 9.23 Å². The van der Waals surface area contributed by atoms with Crippen LogP contribution in [0.1, 0.15) is 17.2 Å². The van der Waals surface area contributed by atoms with Crippen molar-refractivity contribution in [2.24, 2.45) is 0 Å². The minimum Gasteiger partial charge on any atom is -0.485 e. The van der Waals surface area contributed by atoms with Crippen molar-refractivity contribution in [1.82, 2.24) is 0 Å². The first-order chi connectivity index (χ1) is 9.02. The van der Waals surface area contributed by atoms with Crippen LogP contribution in [-0.4, -0.2) is 0 Å². The van der Waals surface area contributed by atoms with Gasteiger partial charge in [-0.15, -0.1) is 0 Å². The second kappa shape index (κ2) is 4.76. The summed E-state index contributed by atoms with van der Waals surface area (Å²) in [5.74, 6) is -0.387. The Morgan fingerprint density at radius 2 is 1.95 bits per heavy atom. The van der Waals surface area contributed by atoms with Crippen LogP contribution < -0.4 is 4.74 Å². The van der Waals surface area contributed by atoms with E-state index in [1.165, 1.54) is 18.2 Å². The summed E-state index contributed by atoms with van der Waals surface area (Å²) in [4.78, 5) is 0. The first kappa shape index (κ1) is 12.9. The molecule has 0 saturated heterocycles. The van der Waals surface area contributed by atoms with Gasteiger partial charge in [0.15, 0.2) is 0 Å². The molecule has 98 valence electrons. The van der Waals surface area contributed by atoms with E-state index < -0.39 is 5.82 Å². The number of benzene rings is 2. The second-order valence-corrected chi connectivity index (χ2v) is 5.71. The van der Waals surface area contributed by atoms with Gasteiger partial charge in [-0.25, -0.2) is 8.78 Å². The lowest BCUT2D eigenvalue weighted by Crippen LogP contribution is -2.03. The number of rotatable bonds is 1. The molecule has 0 radical (unpaired) electrons. The van der Waals surface area contributed by atoms with Gasteiger partial charge in [-0.3, -0.25) is 0 Å². The van der Waals surface area contributed by atoms with Gasteiger partial charge in [0.25, 0.3) is 0 Å². The fraction of sp³-hybridized carbons (Fsp3) is 0.143. The van der Waals surface area contributed by atoms with Crippen molar-refractivity contribution in [2.75, 3.05) is 0 Å². The van der Waals surface area contributed by atoms with E-state index in [-0.39, 0.29) is 16.9 Å². The Bertz CT molecular complexity index is 609. The number of ether oxygens (including phenoxy) is 1. The molecule has 1 unspecified atom stereocenters. The summed E-state index contributed by atoms with van der Waals surface area (Å²) in [7, 11) is 0. The van der Waals surface area contributed by atoms with E-state index in [4.69, 9.17) is 16.3 Å². The van der Waals surface area contributed by atoms with Gasteiger partial charge in [0.05, 0.1) is 5.02 Å². The smallest absolute Gasteiger partial charge is 0.145 e. The standard InChI is InChI=1S/C14H8BrClF2O/c15-9-1-7(2-10(17)5-9)13-4-8-3-11(16)12(18)6-14(8)19-13/h1-3,5-6,13H,4H2. The highest BCUT2D eigenvalue weighted by atomic mass is 79.9. The molecule has 0 bridgehead atoms. The Balaban J connectivity index is 1.95. The van der Waals surface area contributed by atoms with Gasteiger partial charge in [-0.1, -0.05) is 27.5 Å². The molecule has 2 aromatic carbocycles. The molecule has 5 heteroatoms. The molecule has 0 saturated carbocycles. The van der Waals surface area contributed by atoms with Crippen molar-refractivity contribution in [2.45, 2.75) is 12.5 Å². The predicted octanol–water partition coefficient (Wildman–Crippen LogP) is 5.06. The van der Waals surface area contributed by atoms with Crippen LogP contribution in [-0.2, 0) is 6.42 Å². The third kappa shape index (κ3) is 2.47. The maximum absolute atomic E-state index is 13.4.